The summed E-state index contributed by atoms with van der Waals surface area (Å²) in [6, 6.07) is 8.92. The average Bonchev–Trinajstić information content (AvgIpc) is 3.27. The van der Waals surface area contributed by atoms with Crippen molar-refractivity contribution in [2.45, 2.75) is 25.7 Å². The molecule has 1 N–H and O–H groups in total. The number of aromatic nitrogens is 5. The summed E-state index contributed by atoms with van der Waals surface area (Å²) in [6.07, 6.45) is 3.49. The van der Waals surface area contributed by atoms with Gasteiger partial charge in [0.25, 0.3) is 0 Å². The van der Waals surface area contributed by atoms with E-state index >= 15 is 0 Å². The number of hydrogen-bond donors (Lipinski definition) is 1. The topological polar surface area (TPSA) is 70.6 Å². The van der Waals surface area contributed by atoms with Gasteiger partial charge in [-0.15, -0.1) is 0 Å². The molecule has 0 amide bonds. The highest BCUT2D eigenvalue weighted by molar-refractivity contribution is 5.63. The van der Waals surface area contributed by atoms with E-state index in [0.717, 1.165) is 53.2 Å². The number of hydrogen-bond acceptors (Lipinski definition) is 5. The van der Waals surface area contributed by atoms with E-state index < -0.39 is 11.7 Å². The molecule has 0 saturated heterocycles. The minimum Gasteiger partial charge on any atom is -0.294 e. The third kappa shape index (κ3) is 4.11. The van der Waals surface area contributed by atoms with Gasteiger partial charge in [0.2, 0.25) is 0 Å². The highest BCUT2D eigenvalue weighted by Crippen LogP contribution is 2.32. The number of alkyl halides is 3. The molecule has 1 aliphatic heterocycles. The Balaban J connectivity index is 1.32. The third-order valence-electron chi connectivity index (χ3n) is 5.55. The van der Waals surface area contributed by atoms with E-state index in [-0.39, 0.29) is 0 Å². The van der Waals surface area contributed by atoms with Gasteiger partial charge in [0.05, 0.1) is 23.1 Å². The van der Waals surface area contributed by atoms with Crippen LogP contribution in [0.15, 0.2) is 61.2 Å². The van der Waals surface area contributed by atoms with Gasteiger partial charge in [0, 0.05) is 61.3 Å². The standard InChI is InChI=1S/C23H19F3N6/c24-23(25,26)19-5-3-15(4-6-19)21-18(12-29-31-21)14-32-9-7-20-17(13-32)11-28-22(30-20)16-2-1-8-27-10-16/h1-6,8,10-12H,7,9,13-14H2,(H,29,31). The maximum atomic E-state index is 12.9. The van der Waals surface area contributed by atoms with Crippen LogP contribution >= 0.6 is 0 Å². The van der Waals surface area contributed by atoms with Crippen LogP contribution in [-0.4, -0.2) is 36.6 Å². The average molecular weight is 436 g/mol. The Labute approximate surface area is 182 Å². The molecule has 0 bridgehead atoms. The molecule has 9 heteroatoms. The lowest BCUT2D eigenvalue weighted by Gasteiger charge is -2.28. The van der Waals surface area contributed by atoms with Crippen LogP contribution < -0.4 is 0 Å². The Morgan fingerprint density at radius 3 is 2.59 bits per heavy atom. The van der Waals surface area contributed by atoms with E-state index in [0.29, 0.717) is 24.5 Å². The molecular formula is C23H19F3N6. The van der Waals surface area contributed by atoms with E-state index in [1.807, 2.05) is 18.3 Å². The van der Waals surface area contributed by atoms with Gasteiger partial charge in [-0.05, 0) is 29.8 Å². The molecule has 1 aliphatic rings. The summed E-state index contributed by atoms with van der Waals surface area (Å²) in [4.78, 5) is 15.6. The Hall–Kier alpha value is -3.59. The molecule has 5 rings (SSSR count). The summed E-state index contributed by atoms with van der Waals surface area (Å²) in [7, 11) is 0. The smallest absolute Gasteiger partial charge is 0.294 e. The molecule has 0 atom stereocenters. The molecule has 3 aromatic heterocycles. The van der Waals surface area contributed by atoms with Crippen LogP contribution in [0.4, 0.5) is 13.2 Å². The van der Waals surface area contributed by atoms with E-state index in [1.54, 1.807) is 18.6 Å². The van der Waals surface area contributed by atoms with Crippen LogP contribution in [0, 0.1) is 0 Å². The first-order valence-electron chi connectivity index (χ1n) is 10.1. The number of H-pyrrole nitrogens is 1. The minimum absolute atomic E-state index is 0.622. The minimum atomic E-state index is -4.35. The van der Waals surface area contributed by atoms with Crippen LogP contribution in [0.3, 0.4) is 0 Å². The molecule has 0 saturated carbocycles. The van der Waals surface area contributed by atoms with Crippen molar-refractivity contribution in [3.63, 3.8) is 0 Å². The first-order valence-corrected chi connectivity index (χ1v) is 10.1. The van der Waals surface area contributed by atoms with Gasteiger partial charge in [-0.3, -0.25) is 15.0 Å². The van der Waals surface area contributed by atoms with Crippen LogP contribution in [0.2, 0.25) is 0 Å². The second-order valence-corrected chi connectivity index (χ2v) is 7.71. The fraction of sp³-hybridized carbons (Fsp3) is 0.217. The number of fused-ring (bicyclic) bond motifs is 1. The lowest BCUT2D eigenvalue weighted by atomic mass is 10.0. The molecule has 162 valence electrons. The van der Waals surface area contributed by atoms with Crippen molar-refractivity contribution in [3.8, 4) is 22.6 Å². The van der Waals surface area contributed by atoms with Gasteiger partial charge in [-0.1, -0.05) is 12.1 Å². The van der Waals surface area contributed by atoms with Gasteiger partial charge < -0.3 is 0 Å². The summed E-state index contributed by atoms with van der Waals surface area (Å²) in [5.74, 6) is 0.671. The SMILES string of the molecule is FC(F)(F)c1ccc(-c2[nH]ncc2CN2CCc3nc(-c4cccnc4)ncc3C2)cc1. The van der Waals surface area contributed by atoms with Gasteiger partial charge in [-0.2, -0.15) is 18.3 Å². The lowest BCUT2D eigenvalue weighted by molar-refractivity contribution is -0.137. The van der Waals surface area contributed by atoms with Crippen LogP contribution in [0.5, 0.6) is 0 Å². The predicted octanol–water partition coefficient (Wildman–Crippen LogP) is 4.51. The van der Waals surface area contributed by atoms with Crippen molar-refractivity contribution < 1.29 is 13.2 Å². The van der Waals surface area contributed by atoms with Gasteiger partial charge in [-0.25, -0.2) is 9.97 Å². The first kappa shape index (κ1) is 20.3. The molecule has 32 heavy (non-hydrogen) atoms. The maximum absolute atomic E-state index is 12.9. The van der Waals surface area contributed by atoms with E-state index in [4.69, 9.17) is 4.98 Å². The van der Waals surface area contributed by atoms with Crippen LogP contribution in [0.1, 0.15) is 22.4 Å². The summed E-state index contributed by atoms with van der Waals surface area (Å²) >= 11 is 0. The normalized spacial score (nSPS) is 14.3. The highest BCUT2D eigenvalue weighted by Gasteiger charge is 2.30. The van der Waals surface area contributed by atoms with Crippen molar-refractivity contribution in [2.75, 3.05) is 6.54 Å². The Bertz CT molecular complexity index is 1220. The molecular weight excluding hydrogens is 417 g/mol. The molecule has 0 fully saturated rings. The molecule has 4 heterocycles. The summed E-state index contributed by atoms with van der Waals surface area (Å²) in [6.45, 7) is 2.13. The molecule has 0 unspecified atom stereocenters. The van der Waals surface area contributed by atoms with Crippen molar-refractivity contribution in [1.29, 1.82) is 0 Å². The number of halogens is 3. The largest absolute Gasteiger partial charge is 0.416 e. The van der Waals surface area contributed by atoms with Crippen molar-refractivity contribution in [3.05, 3.63) is 83.6 Å². The number of nitrogens with one attached hydrogen (secondary N) is 1. The van der Waals surface area contributed by atoms with Gasteiger partial charge >= 0.3 is 6.18 Å². The Kier molecular flexibility index (Phi) is 5.18. The lowest BCUT2D eigenvalue weighted by Crippen LogP contribution is -2.31. The van der Waals surface area contributed by atoms with Crippen LogP contribution in [0.25, 0.3) is 22.6 Å². The summed E-state index contributed by atoms with van der Waals surface area (Å²) < 4.78 is 38.6. The zero-order valence-electron chi connectivity index (χ0n) is 17.0. The zero-order valence-corrected chi connectivity index (χ0v) is 17.0. The van der Waals surface area contributed by atoms with Crippen LogP contribution in [-0.2, 0) is 25.7 Å². The fourth-order valence-corrected chi connectivity index (χ4v) is 3.89. The summed E-state index contributed by atoms with van der Waals surface area (Å²) in [5.41, 5.74) is 4.66. The third-order valence-corrected chi connectivity index (χ3v) is 5.55. The first-order chi connectivity index (χ1) is 15.5. The van der Waals surface area contributed by atoms with Crippen molar-refractivity contribution in [1.82, 2.24) is 30.0 Å². The zero-order chi connectivity index (χ0) is 22.1. The molecule has 0 aliphatic carbocycles. The molecule has 4 aromatic rings. The number of aromatic amines is 1. The fourth-order valence-electron chi connectivity index (χ4n) is 3.89. The number of rotatable bonds is 4. The summed E-state index contributed by atoms with van der Waals surface area (Å²) in [5, 5.41) is 7.05. The highest BCUT2D eigenvalue weighted by atomic mass is 19.4. The molecule has 0 spiro atoms. The van der Waals surface area contributed by atoms with Crippen molar-refractivity contribution >= 4 is 0 Å². The number of benzene rings is 1. The quantitative estimate of drug-likeness (QED) is 0.510. The second-order valence-electron chi connectivity index (χ2n) is 7.71. The number of pyridine rings is 1. The predicted molar refractivity (Wildman–Crippen MR) is 112 cm³/mol. The van der Waals surface area contributed by atoms with E-state index in [9.17, 15) is 13.2 Å². The Morgan fingerprint density at radius 2 is 1.84 bits per heavy atom. The second kappa shape index (κ2) is 8.16. The number of nitrogens with zero attached hydrogens (tertiary/aromatic N) is 5. The van der Waals surface area contributed by atoms with Crippen molar-refractivity contribution in [2.24, 2.45) is 0 Å². The van der Waals surface area contributed by atoms with Gasteiger partial charge in [0.15, 0.2) is 5.82 Å². The molecule has 0 radical (unpaired) electrons. The van der Waals surface area contributed by atoms with Gasteiger partial charge in [0.1, 0.15) is 0 Å². The maximum Gasteiger partial charge on any atom is 0.416 e. The van der Waals surface area contributed by atoms with E-state index in [2.05, 4.69) is 25.1 Å². The van der Waals surface area contributed by atoms with E-state index in [1.165, 1.54) is 12.1 Å². The molecule has 1 aromatic carbocycles. The molecule has 6 nitrogen and oxygen atoms in total. The monoisotopic (exact) mass is 436 g/mol. The Morgan fingerprint density at radius 1 is 1.00 bits per heavy atom.